The van der Waals surface area contributed by atoms with E-state index < -0.39 is 0 Å². The van der Waals surface area contributed by atoms with E-state index in [1.54, 1.807) is 32.3 Å². The number of rotatable bonds is 6. The van der Waals surface area contributed by atoms with Crippen LogP contribution in [0.2, 0.25) is 0 Å². The monoisotopic (exact) mass is 517 g/mol. The van der Waals surface area contributed by atoms with Crippen molar-refractivity contribution in [2.24, 2.45) is 0 Å². The van der Waals surface area contributed by atoms with Crippen LogP contribution < -0.4 is 11.1 Å². The summed E-state index contributed by atoms with van der Waals surface area (Å²) in [4.78, 5) is 29.1. The number of nitrogen functional groups attached to an aromatic ring is 1. The Labute approximate surface area is 222 Å². The van der Waals surface area contributed by atoms with Crippen molar-refractivity contribution >= 4 is 33.8 Å². The second kappa shape index (κ2) is 9.42. The molecule has 0 atom stereocenters. The minimum atomic E-state index is -0.245. The molecule has 0 aliphatic heterocycles. The van der Waals surface area contributed by atoms with Crippen LogP contribution in [-0.2, 0) is 13.1 Å². The zero-order chi connectivity index (χ0) is 27.1. The molecular formula is C28H23N9O2. The van der Waals surface area contributed by atoms with E-state index in [4.69, 9.17) is 10.3 Å². The number of fused-ring (bicyclic) bond motifs is 2. The second-order valence-electron chi connectivity index (χ2n) is 9.27. The van der Waals surface area contributed by atoms with E-state index in [1.165, 1.54) is 6.33 Å². The van der Waals surface area contributed by atoms with E-state index in [1.807, 2.05) is 22.8 Å². The van der Waals surface area contributed by atoms with E-state index >= 15 is 0 Å². The largest absolute Gasteiger partial charge is 0.382 e. The van der Waals surface area contributed by atoms with Gasteiger partial charge in [0.25, 0.3) is 5.91 Å². The minimum absolute atomic E-state index is 0.245. The van der Waals surface area contributed by atoms with Crippen molar-refractivity contribution in [1.29, 1.82) is 5.26 Å². The van der Waals surface area contributed by atoms with Crippen LogP contribution in [0.3, 0.4) is 0 Å². The summed E-state index contributed by atoms with van der Waals surface area (Å²) >= 11 is 0. The average Bonchev–Trinajstić information content (AvgIpc) is 3.64. The van der Waals surface area contributed by atoms with Gasteiger partial charge in [0, 0.05) is 11.1 Å². The second-order valence-corrected chi connectivity index (χ2v) is 9.27. The van der Waals surface area contributed by atoms with Crippen molar-refractivity contribution < 1.29 is 9.32 Å². The molecule has 39 heavy (non-hydrogen) atoms. The standard InChI is InChI=1S/C28H23N9O2/c1-15-23(16(2)39-36-15)28(38)31-11-22-9-20-7-19(18-5-3-17(10-29)4-6-18)8-21(24(20)35-22)12-37-14-34-25-26(30)32-13-33-27(25)37/h3-9,13-14,35H,11-12H2,1-2H3,(H,31,38)(H2,30,32,33). The molecule has 0 saturated carbocycles. The van der Waals surface area contributed by atoms with Gasteiger partial charge < -0.3 is 25.1 Å². The Bertz CT molecular complexity index is 1890. The summed E-state index contributed by atoms with van der Waals surface area (Å²) in [6.07, 6.45) is 3.12. The zero-order valence-electron chi connectivity index (χ0n) is 21.2. The van der Waals surface area contributed by atoms with Gasteiger partial charge in [-0.25, -0.2) is 15.0 Å². The topological polar surface area (TPSA) is 164 Å². The van der Waals surface area contributed by atoms with Crippen LogP contribution >= 0.6 is 0 Å². The average molecular weight is 518 g/mol. The summed E-state index contributed by atoms with van der Waals surface area (Å²) < 4.78 is 7.05. The molecule has 11 nitrogen and oxygen atoms in total. The van der Waals surface area contributed by atoms with Crippen molar-refractivity contribution in [2.45, 2.75) is 26.9 Å². The summed E-state index contributed by atoms with van der Waals surface area (Å²) in [5, 5.41) is 17.0. The van der Waals surface area contributed by atoms with Crippen LogP contribution in [0.1, 0.15) is 38.6 Å². The molecular weight excluding hydrogens is 494 g/mol. The number of aryl methyl sites for hydroxylation is 2. The summed E-state index contributed by atoms with van der Waals surface area (Å²) in [5.41, 5.74) is 13.5. The molecule has 0 saturated heterocycles. The quantitative estimate of drug-likeness (QED) is 0.298. The number of carbonyl (C=O) groups excluding carboxylic acids is 1. The van der Waals surface area contributed by atoms with Gasteiger partial charge >= 0.3 is 0 Å². The molecule has 4 heterocycles. The smallest absolute Gasteiger partial charge is 0.257 e. The first-order chi connectivity index (χ1) is 18.9. The van der Waals surface area contributed by atoms with Crippen LogP contribution in [-0.4, -0.2) is 35.6 Å². The van der Waals surface area contributed by atoms with Gasteiger partial charge in [-0.3, -0.25) is 4.79 Å². The lowest BCUT2D eigenvalue weighted by Crippen LogP contribution is -2.23. The van der Waals surface area contributed by atoms with Crippen LogP contribution in [0.15, 0.2) is 59.6 Å². The fourth-order valence-corrected chi connectivity index (χ4v) is 4.77. The maximum absolute atomic E-state index is 12.8. The number of aromatic nitrogens is 6. The SMILES string of the molecule is Cc1noc(C)c1C(=O)NCc1cc2cc(-c3ccc(C#N)cc3)cc(Cn3cnc4c(N)ncnc43)c2[nH]1. The first kappa shape index (κ1) is 23.9. The first-order valence-corrected chi connectivity index (χ1v) is 12.2. The number of carbonyl (C=O) groups is 1. The third kappa shape index (κ3) is 4.34. The zero-order valence-corrected chi connectivity index (χ0v) is 21.2. The van der Waals surface area contributed by atoms with Crippen molar-refractivity contribution in [1.82, 2.24) is 35.0 Å². The summed E-state index contributed by atoms with van der Waals surface area (Å²) in [7, 11) is 0. The van der Waals surface area contributed by atoms with E-state index in [2.05, 4.69) is 48.6 Å². The molecule has 0 bridgehead atoms. The van der Waals surface area contributed by atoms with E-state index in [9.17, 15) is 10.1 Å². The highest BCUT2D eigenvalue weighted by Gasteiger charge is 2.18. The molecule has 4 aromatic heterocycles. The van der Waals surface area contributed by atoms with Crippen molar-refractivity contribution in [3.8, 4) is 17.2 Å². The lowest BCUT2D eigenvalue weighted by Gasteiger charge is -2.10. The third-order valence-corrected chi connectivity index (χ3v) is 6.68. The van der Waals surface area contributed by atoms with Crippen molar-refractivity contribution in [3.05, 3.63) is 89.0 Å². The number of nitriles is 1. The Balaban J connectivity index is 1.39. The fourth-order valence-electron chi connectivity index (χ4n) is 4.77. The van der Waals surface area contributed by atoms with Crippen LogP contribution in [0, 0.1) is 25.2 Å². The number of hydrogen-bond donors (Lipinski definition) is 3. The molecule has 11 heteroatoms. The molecule has 0 aliphatic carbocycles. The van der Waals surface area contributed by atoms with Gasteiger partial charge in [0.15, 0.2) is 11.5 Å². The molecule has 2 aromatic carbocycles. The molecule has 6 aromatic rings. The number of amides is 1. The minimum Gasteiger partial charge on any atom is -0.382 e. The Morgan fingerprint density at radius 2 is 1.95 bits per heavy atom. The van der Waals surface area contributed by atoms with Crippen LogP contribution in [0.4, 0.5) is 5.82 Å². The Hall–Kier alpha value is -5.50. The summed E-state index contributed by atoms with van der Waals surface area (Å²) in [5.74, 6) is 0.560. The molecule has 4 N–H and O–H groups in total. The lowest BCUT2D eigenvalue weighted by molar-refractivity contribution is 0.0948. The third-order valence-electron chi connectivity index (χ3n) is 6.68. The van der Waals surface area contributed by atoms with E-state index in [-0.39, 0.29) is 5.91 Å². The Kier molecular flexibility index (Phi) is 5.77. The molecule has 0 fully saturated rings. The van der Waals surface area contributed by atoms with Gasteiger partial charge in [0.2, 0.25) is 0 Å². The first-order valence-electron chi connectivity index (χ1n) is 12.2. The molecule has 0 aliphatic rings. The molecule has 6 rings (SSSR count). The fraction of sp³-hybridized carbons (Fsp3) is 0.143. The lowest BCUT2D eigenvalue weighted by atomic mass is 9.99. The predicted octanol–water partition coefficient (Wildman–Crippen LogP) is 4.01. The molecule has 192 valence electrons. The highest BCUT2D eigenvalue weighted by atomic mass is 16.5. The number of nitrogens with one attached hydrogen (secondary N) is 2. The highest BCUT2D eigenvalue weighted by molar-refractivity contribution is 5.96. The number of imidazole rings is 1. The highest BCUT2D eigenvalue weighted by Crippen LogP contribution is 2.30. The summed E-state index contributed by atoms with van der Waals surface area (Å²) in [6, 6.07) is 15.8. The number of nitrogens with zero attached hydrogens (tertiary/aromatic N) is 6. The maximum atomic E-state index is 12.8. The normalized spacial score (nSPS) is 11.2. The van der Waals surface area contributed by atoms with Crippen molar-refractivity contribution in [3.63, 3.8) is 0 Å². The van der Waals surface area contributed by atoms with Crippen LogP contribution in [0.5, 0.6) is 0 Å². The number of nitrogens with two attached hydrogens (primary N) is 1. The molecule has 1 amide bonds. The Morgan fingerprint density at radius 1 is 1.13 bits per heavy atom. The van der Waals surface area contributed by atoms with Crippen molar-refractivity contribution in [2.75, 3.05) is 5.73 Å². The number of benzene rings is 2. The maximum Gasteiger partial charge on any atom is 0.257 e. The molecule has 0 spiro atoms. The summed E-state index contributed by atoms with van der Waals surface area (Å²) in [6.45, 7) is 4.22. The molecule has 0 unspecified atom stereocenters. The van der Waals surface area contributed by atoms with E-state index in [0.717, 1.165) is 33.3 Å². The van der Waals surface area contributed by atoms with Gasteiger partial charge in [0.1, 0.15) is 23.2 Å². The number of anilines is 1. The van der Waals surface area contributed by atoms with E-state index in [0.29, 0.717) is 52.7 Å². The molecule has 0 radical (unpaired) electrons. The predicted molar refractivity (Wildman–Crippen MR) is 144 cm³/mol. The number of hydrogen-bond acceptors (Lipinski definition) is 8. The van der Waals surface area contributed by atoms with Gasteiger partial charge in [-0.1, -0.05) is 17.3 Å². The van der Waals surface area contributed by atoms with Gasteiger partial charge in [-0.2, -0.15) is 5.26 Å². The van der Waals surface area contributed by atoms with Gasteiger partial charge in [-0.15, -0.1) is 0 Å². The van der Waals surface area contributed by atoms with Gasteiger partial charge in [-0.05, 0) is 60.9 Å². The number of H-pyrrole nitrogens is 1. The number of aromatic amines is 1. The van der Waals surface area contributed by atoms with Gasteiger partial charge in [0.05, 0.1) is 42.3 Å². The van der Waals surface area contributed by atoms with Crippen LogP contribution in [0.25, 0.3) is 33.2 Å². The Morgan fingerprint density at radius 3 is 2.69 bits per heavy atom.